The predicted octanol–water partition coefficient (Wildman–Crippen LogP) is 2.85. The SMILES string of the molecule is NCc1cc(S(=O)(=O)Nc2cccc(Br)c2)cn1C1CC1. The molecule has 1 aromatic heterocycles. The molecule has 0 unspecified atom stereocenters. The van der Waals surface area contributed by atoms with E-state index in [4.69, 9.17) is 5.73 Å². The van der Waals surface area contributed by atoms with E-state index in [0.717, 1.165) is 23.0 Å². The van der Waals surface area contributed by atoms with Gasteiger partial charge in [0.15, 0.2) is 0 Å². The van der Waals surface area contributed by atoms with Crippen LogP contribution >= 0.6 is 15.9 Å². The molecule has 0 aliphatic heterocycles. The molecule has 0 amide bonds. The van der Waals surface area contributed by atoms with Gasteiger partial charge in [0.05, 0.1) is 0 Å². The van der Waals surface area contributed by atoms with Crippen molar-refractivity contribution in [3.63, 3.8) is 0 Å². The molecular weight excluding hydrogens is 354 g/mol. The number of hydrogen-bond acceptors (Lipinski definition) is 3. The number of nitrogens with zero attached hydrogens (tertiary/aromatic N) is 1. The number of aromatic nitrogens is 1. The Morgan fingerprint density at radius 3 is 2.71 bits per heavy atom. The molecule has 21 heavy (non-hydrogen) atoms. The topological polar surface area (TPSA) is 77.1 Å². The van der Waals surface area contributed by atoms with Gasteiger partial charge >= 0.3 is 0 Å². The molecule has 1 fully saturated rings. The van der Waals surface area contributed by atoms with Gasteiger partial charge in [0.1, 0.15) is 4.90 Å². The fourth-order valence-corrected chi connectivity index (χ4v) is 3.76. The van der Waals surface area contributed by atoms with Crippen LogP contribution in [-0.4, -0.2) is 13.0 Å². The summed E-state index contributed by atoms with van der Waals surface area (Å²) in [5.41, 5.74) is 7.08. The van der Waals surface area contributed by atoms with Gasteiger partial charge in [-0.2, -0.15) is 0 Å². The molecule has 0 spiro atoms. The second-order valence-electron chi connectivity index (χ2n) is 5.13. The van der Waals surface area contributed by atoms with Gasteiger partial charge in [0.25, 0.3) is 10.0 Å². The molecule has 5 nitrogen and oxygen atoms in total. The van der Waals surface area contributed by atoms with Crippen molar-refractivity contribution in [1.29, 1.82) is 0 Å². The number of anilines is 1. The summed E-state index contributed by atoms with van der Waals surface area (Å²) in [6.07, 6.45) is 3.85. The van der Waals surface area contributed by atoms with E-state index in [1.54, 1.807) is 30.5 Å². The van der Waals surface area contributed by atoms with Crippen molar-refractivity contribution in [2.75, 3.05) is 4.72 Å². The first-order valence-corrected chi connectivity index (χ1v) is 8.96. The number of sulfonamides is 1. The quantitative estimate of drug-likeness (QED) is 0.850. The van der Waals surface area contributed by atoms with Crippen molar-refractivity contribution in [2.45, 2.75) is 30.3 Å². The minimum Gasteiger partial charge on any atom is -0.346 e. The van der Waals surface area contributed by atoms with Crippen molar-refractivity contribution >= 4 is 31.6 Å². The highest BCUT2D eigenvalue weighted by atomic mass is 79.9. The first-order chi connectivity index (χ1) is 9.99. The maximum absolute atomic E-state index is 12.5. The summed E-state index contributed by atoms with van der Waals surface area (Å²) in [6, 6.07) is 9.11. The molecule has 1 aliphatic carbocycles. The standard InChI is InChI=1S/C14H16BrN3O2S/c15-10-2-1-3-11(6-10)17-21(19,20)14-7-13(8-16)18(9-14)12-4-5-12/h1-3,6-7,9,12,17H,4-5,8,16H2. The smallest absolute Gasteiger partial charge is 0.263 e. The Labute approximate surface area is 132 Å². The number of benzene rings is 1. The Hall–Kier alpha value is -1.31. The third-order valence-electron chi connectivity index (χ3n) is 3.44. The number of halogens is 1. The highest BCUT2D eigenvalue weighted by molar-refractivity contribution is 9.10. The summed E-state index contributed by atoms with van der Waals surface area (Å²) in [4.78, 5) is 0.259. The molecule has 1 aliphatic rings. The lowest BCUT2D eigenvalue weighted by atomic mass is 10.3. The zero-order valence-electron chi connectivity index (χ0n) is 11.3. The van der Waals surface area contributed by atoms with Gasteiger partial charge in [0, 0.05) is 34.6 Å². The third kappa shape index (κ3) is 3.14. The maximum Gasteiger partial charge on any atom is 0.263 e. The van der Waals surface area contributed by atoms with E-state index >= 15 is 0 Å². The fourth-order valence-electron chi connectivity index (χ4n) is 2.27. The summed E-state index contributed by atoms with van der Waals surface area (Å²) >= 11 is 3.32. The van der Waals surface area contributed by atoms with Crippen LogP contribution in [0, 0.1) is 0 Å². The Morgan fingerprint density at radius 1 is 1.33 bits per heavy atom. The van der Waals surface area contributed by atoms with Crippen LogP contribution < -0.4 is 10.5 Å². The van der Waals surface area contributed by atoms with Crippen LogP contribution in [0.4, 0.5) is 5.69 Å². The highest BCUT2D eigenvalue weighted by Gasteiger charge is 2.27. The van der Waals surface area contributed by atoms with E-state index in [2.05, 4.69) is 20.7 Å². The number of rotatable bonds is 5. The molecular formula is C14H16BrN3O2S. The molecule has 112 valence electrons. The van der Waals surface area contributed by atoms with Crippen LogP contribution in [0.1, 0.15) is 24.6 Å². The van der Waals surface area contributed by atoms with Crippen molar-refractivity contribution in [3.8, 4) is 0 Å². The zero-order valence-corrected chi connectivity index (χ0v) is 13.7. The van der Waals surface area contributed by atoms with Crippen LogP contribution in [0.5, 0.6) is 0 Å². The molecule has 1 saturated carbocycles. The number of nitrogens with one attached hydrogen (secondary N) is 1. The van der Waals surface area contributed by atoms with Crippen molar-refractivity contribution in [3.05, 3.63) is 46.7 Å². The van der Waals surface area contributed by atoms with E-state index in [1.165, 1.54) is 0 Å². The third-order valence-corrected chi connectivity index (χ3v) is 5.28. The molecule has 0 bridgehead atoms. The van der Waals surface area contributed by atoms with Crippen LogP contribution in [0.25, 0.3) is 0 Å². The summed E-state index contributed by atoms with van der Waals surface area (Å²) < 4.78 is 30.3. The summed E-state index contributed by atoms with van der Waals surface area (Å²) in [7, 11) is -3.59. The van der Waals surface area contributed by atoms with Crippen LogP contribution in [-0.2, 0) is 16.6 Å². The molecule has 0 radical (unpaired) electrons. The molecule has 2 aromatic rings. The molecule has 3 N–H and O–H groups in total. The highest BCUT2D eigenvalue weighted by Crippen LogP contribution is 2.37. The van der Waals surface area contributed by atoms with Crippen LogP contribution in [0.3, 0.4) is 0 Å². The minimum absolute atomic E-state index is 0.259. The Kier molecular flexibility index (Phi) is 3.81. The Bertz CT molecular complexity index is 766. The van der Waals surface area contributed by atoms with Gasteiger partial charge in [-0.3, -0.25) is 4.72 Å². The largest absolute Gasteiger partial charge is 0.346 e. The molecule has 1 aromatic carbocycles. The first kappa shape index (κ1) is 14.6. The fraction of sp³-hybridized carbons (Fsp3) is 0.286. The van der Waals surface area contributed by atoms with Crippen molar-refractivity contribution < 1.29 is 8.42 Å². The minimum atomic E-state index is -3.59. The van der Waals surface area contributed by atoms with Gasteiger partial charge < -0.3 is 10.3 Å². The Morgan fingerprint density at radius 2 is 2.10 bits per heavy atom. The Balaban J connectivity index is 1.91. The van der Waals surface area contributed by atoms with Crippen LogP contribution in [0.15, 0.2) is 45.9 Å². The average Bonchev–Trinajstić information content (AvgIpc) is 3.16. The number of hydrogen-bond donors (Lipinski definition) is 2. The monoisotopic (exact) mass is 369 g/mol. The normalized spacial score (nSPS) is 15.1. The lowest BCUT2D eigenvalue weighted by molar-refractivity contribution is 0.600. The summed E-state index contributed by atoms with van der Waals surface area (Å²) in [6.45, 7) is 0.336. The predicted molar refractivity (Wildman–Crippen MR) is 85.5 cm³/mol. The average molecular weight is 370 g/mol. The summed E-state index contributed by atoms with van der Waals surface area (Å²) in [5.74, 6) is 0. The van der Waals surface area contributed by atoms with E-state index in [0.29, 0.717) is 18.3 Å². The van der Waals surface area contributed by atoms with Gasteiger partial charge in [0.2, 0.25) is 0 Å². The van der Waals surface area contributed by atoms with Crippen molar-refractivity contribution in [2.24, 2.45) is 5.73 Å². The van der Waals surface area contributed by atoms with Gasteiger partial charge in [-0.1, -0.05) is 22.0 Å². The van der Waals surface area contributed by atoms with Gasteiger partial charge in [-0.15, -0.1) is 0 Å². The van der Waals surface area contributed by atoms with Crippen molar-refractivity contribution in [1.82, 2.24) is 4.57 Å². The van der Waals surface area contributed by atoms with E-state index < -0.39 is 10.0 Å². The zero-order chi connectivity index (χ0) is 15.0. The second kappa shape index (κ2) is 5.47. The summed E-state index contributed by atoms with van der Waals surface area (Å²) in [5, 5.41) is 0. The van der Waals surface area contributed by atoms with E-state index in [9.17, 15) is 8.42 Å². The maximum atomic E-state index is 12.5. The molecule has 7 heteroatoms. The first-order valence-electron chi connectivity index (χ1n) is 6.69. The second-order valence-corrected chi connectivity index (χ2v) is 7.72. The van der Waals surface area contributed by atoms with E-state index in [-0.39, 0.29) is 4.90 Å². The molecule has 3 rings (SSSR count). The molecule has 1 heterocycles. The lowest BCUT2D eigenvalue weighted by Crippen LogP contribution is -2.12. The molecule has 0 saturated heterocycles. The van der Waals surface area contributed by atoms with E-state index in [1.807, 2.05) is 10.6 Å². The lowest BCUT2D eigenvalue weighted by Gasteiger charge is -2.06. The number of nitrogens with two attached hydrogens (primary N) is 1. The molecule has 0 atom stereocenters. The van der Waals surface area contributed by atoms with Gasteiger partial charge in [-0.05, 0) is 37.1 Å². The van der Waals surface area contributed by atoms with Gasteiger partial charge in [-0.25, -0.2) is 8.42 Å². The van der Waals surface area contributed by atoms with Crippen LogP contribution in [0.2, 0.25) is 0 Å².